The Balaban J connectivity index is 3.13. The Labute approximate surface area is 102 Å². The third-order valence-corrected chi connectivity index (χ3v) is 2.48. The number of ether oxygens (including phenoxy) is 1. The number of hydrogen-bond acceptors (Lipinski definition) is 5. The lowest BCUT2D eigenvalue weighted by atomic mass is 10.1. The van der Waals surface area contributed by atoms with Gasteiger partial charge in [-0.1, -0.05) is 13.8 Å². The molecule has 0 saturated carbocycles. The first-order valence-corrected chi connectivity index (χ1v) is 5.83. The SMILES string of the molecule is CCCNc1nc(C(=O)OC)nc(C)c1CC. The van der Waals surface area contributed by atoms with Gasteiger partial charge in [0.25, 0.3) is 0 Å². The van der Waals surface area contributed by atoms with Gasteiger partial charge in [0.2, 0.25) is 5.82 Å². The smallest absolute Gasteiger partial charge is 0.376 e. The van der Waals surface area contributed by atoms with E-state index in [2.05, 4.69) is 26.9 Å². The predicted octanol–water partition coefficient (Wildman–Crippen LogP) is 1.96. The summed E-state index contributed by atoms with van der Waals surface area (Å²) in [6.45, 7) is 6.82. The predicted molar refractivity (Wildman–Crippen MR) is 66.3 cm³/mol. The average Bonchev–Trinajstić information content (AvgIpc) is 2.34. The van der Waals surface area contributed by atoms with Crippen molar-refractivity contribution in [1.29, 1.82) is 0 Å². The van der Waals surface area contributed by atoms with Crippen molar-refractivity contribution in [2.24, 2.45) is 0 Å². The molecule has 1 N–H and O–H groups in total. The standard InChI is InChI=1S/C12H19N3O2/c1-5-7-13-10-9(6-2)8(3)14-11(15-10)12(16)17-4/h5-7H2,1-4H3,(H,13,14,15). The van der Waals surface area contributed by atoms with Crippen molar-refractivity contribution in [3.05, 3.63) is 17.1 Å². The van der Waals surface area contributed by atoms with Crippen LogP contribution in [0.2, 0.25) is 0 Å². The van der Waals surface area contributed by atoms with Crippen LogP contribution < -0.4 is 5.32 Å². The third-order valence-electron chi connectivity index (χ3n) is 2.48. The molecule has 0 radical (unpaired) electrons. The maximum atomic E-state index is 11.4. The molecule has 1 aromatic heterocycles. The van der Waals surface area contributed by atoms with Crippen molar-refractivity contribution in [3.63, 3.8) is 0 Å². The van der Waals surface area contributed by atoms with Crippen LogP contribution in [-0.2, 0) is 11.2 Å². The summed E-state index contributed by atoms with van der Waals surface area (Å²) in [5, 5.41) is 3.22. The van der Waals surface area contributed by atoms with E-state index in [0.717, 1.165) is 36.5 Å². The van der Waals surface area contributed by atoms with Crippen molar-refractivity contribution >= 4 is 11.8 Å². The highest BCUT2D eigenvalue weighted by atomic mass is 16.5. The van der Waals surface area contributed by atoms with E-state index in [9.17, 15) is 4.79 Å². The molecule has 0 saturated heterocycles. The molecule has 1 heterocycles. The number of aromatic nitrogens is 2. The van der Waals surface area contributed by atoms with Gasteiger partial charge in [-0.15, -0.1) is 0 Å². The molecule has 0 aliphatic rings. The van der Waals surface area contributed by atoms with Gasteiger partial charge in [0.1, 0.15) is 5.82 Å². The zero-order valence-electron chi connectivity index (χ0n) is 10.8. The summed E-state index contributed by atoms with van der Waals surface area (Å²) in [5.41, 5.74) is 1.87. The highest BCUT2D eigenvalue weighted by molar-refractivity contribution is 5.85. The van der Waals surface area contributed by atoms with Crippen LogP contribution in [0, 0.1) is 6.92 Å². The second-order valence-electron chi connectivity index (χ2n) is 3.73. The minimum absolute atomic E-state index is 0.112. The first-order valence-electron chi connectivity index (χ1n) is 5.83. The summed E-state index contributed by atoms with van der Waals surface area (Å²) in [6.07, 6.45) is 1.83. The third kappa shape index (κ3) is 3.15. The number of esters is 1. The van der Waals surface area contributed by atoms with E-state index < -0.39 is 5.97 Å². The van der Waals surface area contributed by atoms with E-state index in [1.807, 2.05) is 13.8 Å². The van der Waals surface area contributed by atoms with Crippen LogP contribution in [0.1, 0.15) is 42.1 Å². The Morgan fingerprint density at radius 3 is 2.59 bits per heavy atom. The molecular weight excluding hydrogens is 218 g/mol. The van der Waals surface area contributed by atoms with Crippen LogP contribution >= 0.6 is 0 Å². The van der Waals surface area contributed by atoms with Crippen molar-refractivity contribution in [1.82, 2.24) is 9.97 Å². The van der Waals surface area contributed by atoms with Crippen molar-refractivity contribution in [2.45, 2.75) is 33.6 Å². The fraction of sp³-hybridized carbons (Fsp3) is 0.583. The maximum Gasteiger partial charge on any atom is 0.376 e. The molecule has 0 aliphatic carbocycles. The molecule has 0 atom stereocenters. The van der Waals surface area contributed by atoms with Crippen LogP contribution in [0.5, 0.6) is 0 Å². The summed E-state index contributed by atoms with van der Waals surface area (Å²) >= 11 is 0. The monoisotopic (exact) mass is 237 g/mol. The second kappa shape index (κ2) is 6.18. The zero-order valence-corrected chi connectivity index (χ0v) is 10.8. The van der Waals surface area contributed by atoms with Gasteiger partial charge in [-0.05, 0) is 19.8 Å². The van der Waals surface area contributed by atoms with Gasteiger partial charge in [0.15, 0.2) is 0 Å². The minimum Gasteiger partial charge on any atom is -0.463 e. The molecule has 94 valence electrons. The van der Waals surface area contributed by atoms with Gasteiger partial charge in [-0.3, -0.25) is 0 Å². The number of anilines is 1. The van der Waals surface area contributed by atoms with Crippen LogP contribution in [-0.4, -0.2) is 29.6 Å². The van der Waals surface area contributed by atoms with Crippen LogP contribution in [0.4, 0.5) is 5.82 Å². The highest BCUT2D eigenvalue weighted by Gasteiger charge is 2.15. The molecule has 5 nitrogen and oxygen atoms in total. The fourth-order valence-electron chi connectivity index (χ4n) is 1.59. The normalized spacial score (nSPS) is 10.1. The Bertz CT molecular complexity index is 405. The second-order valence-corrected chi connectivity index (χ2v) is 3.73. The largest absolute Gasteiger partial charge is 0.463 e. The lowest BCUT2D eigenvalue weighted by molar-refractivity contribution is 0.0586. The first kappa shape index (κ1) is 13.4. The fourth-order valence-corrected chi connectivity index (χ4v) is 1.59. The molecule has 0 fully saturated rings. The summed E-state index contributed by atoms with van der Waals surface area (Å²) in [6, 6.07) is 0. The molecule has 5 heteroatoms. The van der Waals surface area contributed by atoms with Crippen molar-refractivity contribution < 1.29 is 9.53 Å². The number of nitrogens with zero attached hydrogens (tertiary/aromatic N) is 2. The summed E-state index contributed by atoms with van der Waals surface area (Å²) in [5.74, 6) is 0.346. The van der Waals surface area contributed by atoms with Crippen molar-refractivity contribution in [3.8, 4) is 0 Å². The Morgan fingerprint density at radius 2 is 2.06 bits per heavy atom. The molecule has 17 heavy (non-hydrogen) atoms. The number of carbonyl (C=O) groups is 1. The van der Waals surface area contributed by atoms with E-state index >= 15 is 0 Å². The maximum absolute atomic E-state index is 11.4. The Morgan fingerprint density at radius 1 is 1.35 bits per heavy atom. The number of hydrogen-bond donors (Lipinski definition) is 1. The van der Waals surface area contributed by atoms with E-state index in [4.69, 9.17) is 0 Å². The van der Waals surface area contributed by atoms with Gasteiger partial charge in [-0.2, -0.15) is 0 Å². The first-order chi connectivity index (χ1) is 8.13. The lowest BCUT2D eigenvalue weighted by Crippen LogP contribution is -2.14. The average molecular weight is 237 g/mol. The number of nitrogens with one attached hydrogen (secondary N) is 1. The Kier molecular flexibility index (Phi) is 4.87. The van der Waals surface area contributed by atoms with Gasteiger partial charge in [0, 0.05) is 17.8 Å². The summed E-state index contributed by atoms with van der Waals surface area (Å²) < 4.78 is 4.63. The van der Waals surface area contributed by atoms with E-state index in [0.29, 0.717) is 0 Å². The van der Waals surface area contributed by atoms with Crippen LogP contribution in [0.25, 0.3) is 0 Å². The molecule has 0 unspecified atom stereocenters. The van der Waals surface area contributed by atoms with Gasteiger partial charge < -0.3 is 10.1 Å². The lowest BCUT2D eigenvalue weighted by Gasteiger charge is -2.12. The minimum atomic E-state index is -0.504. The van der Waals surface area contributed by atoms with Crippen molar-refractivity contribution in [2.75, 3.05) is 19.0 Å². The quantitative estimate of drug-likeness (QED) is 0.793. The zero-order chi connectivity index (χ0) is 12.8. The molecule has 0 aromatic carbocycles. The Hall–Kier alpha value is -1.65. The summed E-state index contributed by atoms with van der Waals surface area (Å²) in [7, 11) is 1.33. The van der Waals surface area contributed by atoms with Gasteiger partial charge in [0.05, 0.1) is 7.11 Å². The molecular formula is C12H19N3O2. The molecule has 0 amide bonds. The van der Waals surface area contributed by atoms with E-state index in [1.165, 1.54) is 7.11 Å². The van der Waals surface area contributed by atoms with Gasteiger partial charge >= 0.3 is 5.97 Å². The highest BCUT2D eigenvalue weighted by Crippen LogP contribution is 2.17. The molecule has 0 aliphatic heterocycles. The molecule has 0 bridgehead atoms. The summed E-state index contributed by atoms with van der Waals surface area (Å²) in [4.78, 5) is 19.8. The molecule has 1 rings (SSSR count). The number of aryl methyl sites for hydroxylation is 1. The van der Waals surface area contributed by atoms with E-state index in [1.54, 1.807) is 0 Å². The molecule has 0 spiro atoms. The van der Waals surface area contributed by atoms with E-state index in [-0.39, 0.29) is 5.82 Å². The topological polar surface area (TPSA) is 64.1 Å². The number of carbonyl (C=O) groups excluding carboxylic acids is 1. The van der Waals surface area contributed by atoms with Gasteiger partial charge in [-0.25, -0.2) is 14.8 Å². The van der Waals surface area contributed by atoms with Crippen LogP contribution in [0.15, 0.2) is 0 Å². The number of rotatable bonds is 5. The molecule has 1 aromatic rings. The number of methoxy groups -OCH3 is 1. The van der Waals surface area contributed by atoms with Crippen LogP contribution in [0.3, 0.4) is 0 Å².